The maximum absolute atomic E-state index is 12.1. The average molecular weight is 335 g/mol. The van der Waals surface area contributed by atoms with Gasteiger partial charge in [-0.2, -0.15) is 0 Å². The smallest absolute Gasteiger partial charge is 0.248 e. The first-order valence-corrected chi connectivity index (χ1v) is 8.61. The fourth-order valence-corrected chi connectivity index (χ4v) is 2.68. The summed E-state index contributed by atoms with van der Waals surface area (Å²) >= 11 is 0. The van der Waals surface area contributed by atoms with Crippen LogP contribution in [0.3, 0.4) is 0 Å². The Morgan fingerprint density at radius 2 is 2.29 bits per heavy atom. The van der Waals surface area contributed by atoms with Crippen molar-refractivity contribution in [3.8, 4) is 0 Å². The largest absolute Gasteiger partial charge is 0.373 e. The molecule has 0 radical (unpaired) electrons. The topological polar surface area (TPSA) is 79.4 Å². The fourth-order valence-electron chi connectivity index (χ4n) is 2.68. The van der Waals surface area contributed by atoms with Gasteiger partial charge in [-0.25, -0.2) is 9.97 Å². The number of hydrogen-bond donors (Lipinski definition) is 2. The van der Waals surface area contributed by atoms with E-state index in [1.807, 2.05) is 27.0 Å². The molecule has 1 unspecified atom stereocenters. The van der Waals surface area contributed by atoms with E-state index >= 15 is 0 Å². The number of piperidine rings is 1. The highest BCUT2D eigenvalue weighted by Gasteiger charge is 2.19. The minimum absolute atomic E-state index is 0.0385. The molecule has 0 saturated carbocycles. The highest BCUT2D eigenvalue weighted by molar-refractivity contribution is 5.77. The molecule has 24 heavy (non-hydrogen) atoms. The molecule has 7 heteroatoms. The number of ether oxygens (including phenoxy) is 1. The molecule has 1 saturated heterocycles. The number of hydrogen-bond acceptors (Lipinski definition) is 6. The van der Waals surface area contributed by atoms with E-state index in [2.05, 4.69) is 15.6 Å². The van der Waals surface area contributed by atoms with Crippen molar-refractivity contribution in [1.82, 2.24) is 20.2 Å². The van der Waals surface area contributed by atoms with E-state index in [1.165, 1.54) is 0 Å². The maximum Gasteiger partial charge on any atom is 0.248 e. The number of rotatable bonds is 7. The second-order valence-electron chi connectivity index (χ2n) is 6.50. The molecule has 0 spiro atoms. The first-order chi connectivity index (χ1) is 11.5. The standard InChI is InChI=1S/C17H29N5O2/c1-12(2)24-11-17(23)22(4)10-16-20-14(8-15(18-3)21-16)13-6-5-7-19-9-13/h8,12-13,19H,5-7,9-11H2,1-4H3,(H,18,20,21). The zero-order valence-corrected chi connectivity index (χ0v) is 15.1. The molecular formula is C17H29N5O2. The number of aromatic nitrogens is 2. The molecule has 2 heterocycles. The Kier molecular flexibility index (Phi) is 6.93. The maximum atomic E-state index is 12.1. The van der Waals surface area contributed by atoms with Gasteiger partial charge in [0.15, 0.2) is 0 Å². The number of nitrogens with one attached hydrogen (secondary N) is 2. The predicted octanol–water partition coefficient (Wildman–Crippen LogP) is 1.37. The summed E-state index contributed by atoms with van der Waals surface area (Å²) in [6.07, 6.45) is 2.32. The van der Waals surface area contributed by atoms with Gasteiger partial charge in [0.25, 0.3) is 0 Å². The minimum Gasteiger partial charge on any atom is -0.373 e. The Labute approximate surface area is 144 Å². The van der Waals surface area contributed by atoms with Gasteiger partial charge in [-0.1, -0.05) is 0 Å². The van der Waals surface area contributed by atoms with E-state index in [0.717, 1.165) is 37.4 Å². The minimum atomic E-state index is -0.0666. The lowest BCUT2D eigenvalue weighted by Gasteiger charge is -2.23. The summed E-state index contributed by atoms with van der Waals surface area (Å²) in [7, 11) is 3.60. The van der Waals surface area contributed by atoms with Crippen LogP contribution in [0.4, 0.5) is 5.82 Å². The van der Waals surface area contributed by atoms with Gasteiger partial charge in [0, 0.05) is 32.6 Å². The van der Waals surface area contributed by atoms with E-state index in [0.29, 0.717) is 18.3 Å². The van der Waals surface area contributed by atoms with Crippen LogP contribution in [0.1, 0.15) is 44.1 Å². The fraction of sp³-hybridized carbons (Fsp3) is 0.706. The van der Waals surface area contributed by atoms with Crippen LogP contribution in [-0.2, 0) is 16.1 Å². The molecule has 0 bridgehead atoms. The summed E-state index contributed by atoms with van der Waals surface area (Å²) in [4.78, 5) is 22.9. The Morgan fingerprint density at radius 1 is 1.50 bits per heavy atom. The molecule has 1 atom stereocenters. The van der Waals surface area contributed by atoms with E-state index in [1.54, 1.807) is 11.9 Å². The SMILES string of the molecule is CNc1cc(C2CCCNC2)nc(CN(C)C(=O)COC(C)C)n1. The lowest BCUT2D eigenvalue weighted by atomic mass is 9.96. The third-order valence-corrected chi connectivity index (χ3v) is 4.11. The summed E-state index contributed by atoms with van der Waals surface area (Å²) in [6, 6.07) is 2.00. The number of likely N-dealkylation sites (N-methyl/N-ethyl adjacent to an activating group) is 1. The zero-order valence-electron chi connectivity index (χ0n) is 15.1. The van der Waals surface area contributed by atoms with Gasteiger partial charge in [-0.15, -0.1) is 0 Å². The van der Waals surface area contributed by atoms with Crippen molar-refractivity contribution in [1.29, 1.82) is 0 Å². The quantitative estimate of drug-likeness (QED) is 0.783. The Morgan fingerprint density at radius 3 is 2.92 bits per heavy atom. The molecule has 0 aromatic carbocycles. The van der Waals surface area contributed by atoms with Crippen LogP contribution in [0.25, 0.3) is 0 Å². The molecule has 1 fully saturated rings. The summed E-state index contributed by atoms with van der Waals surface area (Å²) in [5.74, 6) is 1.78. The van der Waals surface area contributed by atoms with Gasteiger partial charge in [-0.05, 0) is 33.2 Å². The van der Waals surface area contributed by atoms with Gasteiger partial charge in [0.1, 0.15) is 18.2 Å². The van der Waals surface area contributed by atoms with Gasteiger partial charge in [0.2, 0.25) is 5.91 Å². The molecule has 134 valence electrons. The van der Waals surface area contributed by atoms with Crippen LogP contribution in [0.2, 0.25) is 0 Å². The second-order valence-corrected chi connectivity index (χ2v) is 6.50. The molecule has 1 aliphatic rings. The Hall–Kier alpha value is -1.73. The normalized spacial score (nSPS) is 17.8. The van der Waals surface area contributed by atoms with Crippen molar-refractivity contribution in [2.24, 2.45) is 0 Å². The Bertz CT molecular complexity index is 544. The molecular weight excluding hydrogens is 306 g/mol. The second kappa shape index (κ2) is 8.94. The number of carbonyl (C=O) groups excluding carboxylic acids is 1. The number of nitrogens with zero attached hydrogens (tertiary/aromatic N) is 3. The van der Waals surface area contributed by atoms with E-state index in [9.17, 15) is 4.79 Å². The van der Waals surface area contributed by atoms with Gasteiger partial charge in [0.05, 0.1) is 18.3 Å². The lowest BCUT2D eigenvalue weighted by molar-refractivity contribution is -0.136. The molecule has 0 aliphatic carbocycles. The van der Waals surface area contributed by atoms with E-state index in [4.69, 9.17) is 9.72 Å². The molecule has 2 rings (SSSR count). The number of carbonyl (C=O) groups is 1. The van der Waals surface area contributed by atoms with Crippen LogP contribution in [0.15, 0.2) is 6.07 Å². The Balaban J connectivity index is 2.06. The molecule has 7 nitrogen and oxygen atoms in total. The van der Waals surface area contributed by atoms with Crippen molar-refractivity contribution in [2.75, 3.05) is 39.1 Å². The van der Waals surface area contributed by atoms with Crippen LogP contribution in [-0.4, -0.2) is 60.7 Å². The van der Waals surface area contributed by atoms with E-state index in [-0.39, 0.29) is 18.6 Å². The highest BCUT2D eigenvalue weighted by atomic mass is 16.5. The molecule has 1 aromatic rings. The van der Waals surface area contributed by atoms with Gasteiger partial charge >= 0.3 is 0 Å². The van der Waals surface area contributed by atoms with Crippen molar-refractivity contribution >= 4 is 11.7 Å². The molecule has 2 N–H and O–H groups in total. The van der Waals surface area contributed by atoms with Crippen LogP contribution < -0.4 is 10.6 Å². The van der Waals surface area contributed by atoms with Crippen LogP contribution in [0.5, 0.6) is 0 Å². The monoisotopic (exact) mass is 335 g/mol. The van der Waals surface area contributed by atoms with Crippen LogP contribution >= 0.6 is 0 Å². The highest BCUT2D eigenvalue weighted by Crippen LogP contribution is 2.23. The number of anilines is 1. The van der Waals surface area contributed by atoms with Crippen LogP contribution in [0, 0.1) is 0 Å². The van der Waals surface area contributed by atoms with Crippen molar-refractivity contribution < 1.29 is 9.53 Å². The van der Waals surface area contributed by atoms with Gasteiger partial charge < -0.3 is 20.3 Å². The van der Waals surface area contributed by atoms with E-state index < -0.39 is 0 Å². The average Bonchev–Trinajstić information content (AvgIpc) is 2.59. The first-order valence-electron chi connectivity index (χ1n) is 8.61. The predicted molar refractivity (Wildman–Crippen MR) is 94.0 cm³/mol. The molecule has 1 amide bonds. The summed E-state index contributed by atoms with van der Waals surface area (Å²) in [6.45, 7) is 6.30. The summed E-state index contributed by atoms with van der Waals surface area (Å²) < 4.78 is 5.37. The number of amides is 1. The molecule has 1 aromatic heterocycles. The first kappa shape index (κ1) is 18.6. The summed E-state index contributed by atoms with van der Waals surface area (Å²) in [5.41, 5.74) is 1.04. The zero-order chi connectivity index (χ0) is 17.5. The van der Waals surface area contributed by atoms with Crippen molar-refractivity contribution in [3.05, 3.63) is 17.6 Å². The molecule has 1 aliphatic heterocycles. The summed E-state index contributed by atoms with van der Waals surface area (Å²) in [5, 5.41) is 6.50. The van der Waals surface area contributed by atoms with Crippen molar-refractivity contribution in [3.63, 3.8) is 0 Å². The third kappa shape index (κ3) is 5.42. The van der Waals surface area contributed by atoms with Crippen molar-refractivity contribution in [2.45, 2.75) is 45.3 Å². The lowest BCUT2D eigenvalue weighted by Crippen LogP contribution is -2.32. The third-order valence-electron chi connectivity index (χ3n) is 4.11. The van der Waals surface area contributed by atoms with Gasteiger partial charge in [-0.3, -0.25) is 4.79 Å².